The molecule has 0 amide bonds. The predicted octanol–water partition coefficient (Wildman–Crippen LogP) is 5.02. The van der Waals surface area contributed by atoms with Crippen LogP contribution in [0.4, 0.5) is 0 Å². The maximum absolute atomic E-state index is 13.0. The van der Waals surface area contributed by atoms with E-state index < -0.39 is 0 Å². The molecule has 0 atom stereocenters. The van der Waals surface area contributed by atoms with Crippen molar-refractivity contribution in [3.8, 4) is 0 Å². The third-order valence-corrected chi connectivity index (χ3v) is 4.91. The Morgan fingerprint density at radius 1 is 1.18 bits per heavy atom. The highest BCUT2D eigenvalue weighted by Gasteiger charge is 2.30. The normalized spacial score (nSPS) is 14.5. The largest absolute Gasteiger partial charge is 0.280 e. The first-order valence-corrected chi connectivity index (χ1v) is 8.30. The summed E-state index contributed by atoms with van der Waals surface area (Å²) in [5.41, 5.74) is 2.39. The van der Waals surface area contributed by atoms with Crippen LogP contribution in [0.25, 0.3) is 10.9 Å². The van der Waals surface area contributed by atoms with E-state index in [-0.39, 0.29) is 5.91 Å². The van der Waals surface area contributed by atoms with E-state index in [9.17, 15) is 4.79 Å². The Hall–Kier alpha value is -1.65. The maximum Gasteiger partial charge on any atom is 0.280 e. The van der Waals surface area contributed by atoms with E-state index in [0.717, 1.165) is 29.3 Å². The summed E-state index contributed by atoms with van der Waals surface area (Å²) < 4.78 is 2.10. The van der Waals surface area contributed by atoms with Gasteiger partial charge in [-0.05, 0) is 52.4 Å². The molecule has 1 aromatic heterocycles. The Morgan fingerprint density at radius 3 is 2.73 bits per heavy atom. The molecule has 0 N–H and O–H groups in total. The topological polar surface area (TPSA) is 34.9 Å². The molecule has 0 unspecified atom stereocenters. The fourth-order valence-electron chi connectivity index (χ4n) is 2.79. The minimum atomic E-state index is -0.172. The standard InChI is InChI=1S/C17H12BrClN2O/c18-16-12-4-1-2-7-14(12)21(20-16)17(22)15-11(10-8-9-10)5-3-6-13(15)19/h1-7,10H,8-9H2. The second-order valence-corrected chi connectivity index (χ2v) is 6.66. The summed E-state index contributed by atoms with van der Waals surface area (Å²) in [7, 11) is 0. The molecule has 1 aliphatic rings. The molecule has 1 heterocycles. The quantitative estimate of drug-likeness (QED) is 0.630. The van der Waals surface area contributed by atoms with Gasteiger partial charge in [-0.25, -0.2) is 0 Å². The molecule has 1 fully saturated rings. The molecule has 1 aliphatic carbocycles. The van der Waals surface area contributed by atoms with Crippen LogP contribution in [-0.4, -0.2) is 15.7 Å². The Balaban J connectivity index is 1.91. The third kappa shape index (κ3) is 2.18. The summed E-state index contributed by atoms with van der Waals surface area (Å²) in [5, 5.41) is 5.76. The Labute approximate surface area is 141 Å². The van der Waals surface area contributed by atoms with Crippen LogP contribution < -0.4 is 0 Å². The van der Waals surface area contributed by atoms with Gasteiger partial charge in [-0.2, -0.15) is 9.78 Å². The smallest absolute Gasteiger partial charge is 0.267 e. The van der Waals surface area contributed by atoms with Gasteiger partial charge in [-0.15, -0.1) is 0 Å². The van der Waals surface area contributed by atoms with Crippen LogP contribution in [0.15, 0.2) is 47.1 Å². The van der Waals surface area contributed by atoms with Gasteiger partial charge in [0.25, 0.3) is 5.91 Å². The van der Waals surface area contributed by atoms with Gasteiger partial charge in [-0.1, -0.05) is 41.9 Å². The number of para-hydroxylation sites is 1. The summed E-state index contributed by atoms with van der Waals surface area (Å²) in [4.78, 5) is 13.0. The molecule has 1 saturated carbocycles. The number of halogens is 2. The van der Waals surface area contributed by atoms with Crippen molar-refractivity contribution >= 4 is 44.3 Å². The van der Waals surface area contributed by atoms with Gasteiger partial charge < -0.3 is 0 Å². The molecule has 110 valence electrons. The predicted molar refractivity (Wildman–Crippen MR) is 90.6 cm³/mol. The number of benzene rings is 2. The fraction of sp³-hybridized carbons (Fsp3) is 0.176. The summed E-state index contributed by atoms with van der Waals surface area (Å²) in [6.07, 6.45) is 2.23. The van der Waals surface area contributed by atoms with E-state index in [1.807, 2.05) is 36.4 Å². The molecule has 3 nitrogen and oxygen atoms in total. The van der Waals surface area contributed by atoms with Crippen LogP contribution >= 0.6 is 27.5 Å². The van der Waals surface area contributed by atoms with Crippen molar-refractivity contribution in [2.75, 3.05) is 0 Å². The molecule has 22 heavy (non-hydrogen) atoms. The van der Waals surface area contributed by atoms with Crippen LogP contribution in [0.3, 0.4) is 0 Å². The highest BCUT2D eigenvalue weighted by Crippen LogP contribution is 2.43. The first-order valence-electron chi connectivity index (χ1n) is 7.13. The molecule has 0 aliphatic heterocycles. The minimum Gasteiger partial charge on any atom is -0.267 e. The van der Waals surface area contributed by atoms with E-state index >= 15 is 0 Å². The molecule has 5 heteroatoms. The van der Waals surface area contributed by atoms with Crippen LogP contribution in [-0.2, 0) is 0 Å². The molecular weight excluding hydrogens is 364 g/mol. The zero-order valence-electron chi connectivity index (χ0n) is 11.6. The lowest BCUT2D eigenvalue weighted by Crippen LogP contribution is -2.16. The number of aromatic nitrogens is 2. The van der Waals surface area contributed by atoms with E-state index in [2.05, 4.69) is 21.0 Å². The van der Waals surface area contributed by atoms with E-state index in [1.165, 1.54) is 4.68 Å². The maximum atomic E-state index is 13.0. The molecular formula is C17H12BrClN2O. The Morgan fingerprint density at radius 2 is 1.95 bits per heavy atom. The number of hydrogen-bond donors (Lipinski definition) is 0. The molecule has 0 saturated heterocycles. The van der Waals surface area contributed by atoms with Gasteiger partial charge in [0.05, 0.1) is 16.1 Å². The SMILES string of the molecule is O=C(c1c(Cl)cccc1C1CC1)n1nc(Br)c2ccccc21. The van der Waals surface area contributed by atoms with Crippen molar-refractivity contribution in [2.24, 2.45) is 0 Å². The summed E-state index contributed by atoms with van der Waals surface area (Å²) in [6, 6.07) is 13.3. The van der Waals surface area contributed by atoms with Crippen molar-refractivity contribution in [2.45, 2.75) is 18.8 Å². The number of carbonyl (C=O) groups excluding carboxylic acids is 1. The molecule has 2 aromatic carbocycles. The lowest BCUT2D eigenvalue weighted by molar-refractivity contribution is 0.0949. The van der Waals surface area contributed by atoms with Crippen molar-refractivity contribution < 1.29 is 4.79 Å². The number of carbonyl (C=O) groups is 1. The molecule has 4 rings (SSSR count). The molecule has 0 spiro atoms. The van der Waals surface area contributed by atoms with E-state index in [0.29, 0.717) is 21.1 Å². The van der Waals surface area contributed by atoms with Crippen LogP contribution in [0, 0.1) is 0 Å². The van der Waals surface area contributed by atoms with E-state index in [4.69, 9.17) is 11.6 Å². The Kier molecular flexibility index (Phi) is 3.31. The number of fused-ring (bicyclic) bond motifs is 1. The zero-order chi connectivity index (χ0) is 15.3. The highest BCUT2D eigenvalue weighted by atomic mass is 79.9. The number of nitrogens with zero attached hydrogens (tertiary/aromatic N) is 2. The van der Waals surface area contributed by atoms with Crippen molar-refractivity contribution in [3.05, 3.63) is 63.2 Å². The monoisotopic (exact) mass is 374 g/mol. The zero-order valence-corrected chi connectivity index (χ0v) is 13.9. The van der Waals surface area contributed by atoms with Crippen molar-refractivity contribution in [3.63, 3.8) is 0 Å². The summed E-state index contributed by atoms with van der Waals surface area (Å²) in [5.74, 6) is 0.275. The second-order valence-electron chi connectivity index (χ2n) is 5.50. The highest BCUT2D eigenvalue weighted by molar-refractivity contribution is 9.10. The average Bonchev–Trinajstić information content (AvgIpc) is 3.31. The summed E-state index contributed by atoms with van der Waals surface area (Å²) in [6.45, 7) is 0. The minimum absolute atomic E-state index is 0.172. The van der Waals surface area contributed by atoms with Gasteiger partial charge in [0.15, 0.2) is 0 Å². The first kappa shape index (κ1) is 14.0. The average molecular weight is 376 g/mol. The Bertz CT molecular complexity index is 899. The van der Waals surface area contributed by atoms with Crippen LogP contribution in [0.1, 0.15) is 34.7 Å². The van der Waals surface area contributed by atoms with Crippen LogP contribution in [0.5, 0.6) is 0 Å². The van der Waals surface area contributed by atoms with Gasteiger partial charge in [0.2, 0.25) is 0 Å². The van der Waals surface area contributed by atoms with Gasteiger partial charge in [-0.3, -0.25) is 4.79 Å². The fourth-order valence-corrected chi connectivity index (χ4v) is 3.55. The lowest BCUT2D eigenvalue weighted by atomic mass is 10.0. The van der Waals surface area contributed by atoms with Crippen molar-refractivity contribution in [1.82, 2.24) is 9.78 Å². The molecule has 0 bridgehead atoms. The summed E-state index contributed by atoms with van der Waals surface area (Å²) >= 11 is 9.75. The third-order valence-electron chi connectivity index (χ3n) is 4.01. The van der Waals surface area contributed by atoms with Gasteiger partial charge in [0, 0.05) is 5.39 Å². The molecule has 0 radical (unpaired) electrons. The van der Waals surface area contributed by atoms with Crippen LogP contribution in [0.2, 0.25) is 5.02 Å². The second kappa shape index (κ2) is 5.21. The number of rotatable bonds is 2. The van der Waals surface area contributed by atoms with Gasteiger partial charge in [0.1, 0.15) is 4.60 Å². The van der Waals surface area contributed by atoms with Crippen molar-refractivity contribution in [1.29, 1.82) is 0 Å². The first-order chi connectivity index (χ1) is 10.7. The van der Waals surface area contributed by atoms with Gasteiger partial charge >= 0.3 is 0 Å². The van der Waals surface area contributed by atoms with E-state index in [1.54, 1.807) is 6.07 Å². The number of hydrogen-bond acceptors (Lipinski definition) is 2. The lowest BCUT2D eigenvalue weighted by Gasteiger charge is -2.10. The molecule has 3 aromatic rings.